The first kappa shape index (κ1) is 22.4. The van der Waals surface area contributed by atoms with Crippen molar-refractivity contribution in [3.63, 3.8) is 0 Å². The standard InChI is InChI=1S/C19H26O9/c1-11-2-4-12(5-3-11)6-7-15(22)26-9-13(21)10-27-19-18(25)17(24)16(23)14(8-20)28-19/h2-7,13-14,16-21,23-25H,8-10H2,1H3/b7-6+/t13-,14?,16?,17?,18?,19?/m1/s1. The number of aliphatic hydroxyl groups excluding tert-OH is 5. The fourth-order valence-corrected chi connectivity index (χ4v) is 2.53. The third-order valence-corrected chi connectivity index (χ3v) is 4.21. The van der Waals surface area contributed by atoms with Gasteiger partial charge in [-0.25, -0.2) is 4.79 Å². The highest BCUT2D eigenvalue weighted by Crippen LogP contribution is 2.22. The van der Waals surface area contributed by atoms with Crippen molar-refractivity contribution < 1.29 is 44.5 Å². The average Bonchev–Trinajstić information content (AvgIpc) is 2.69. The molecule has 2 rings (SSSR count). The predicted octanol–water partition coefficient (Wildman–Crippen LogP) is -1.27. The van der Waals surface area contributed by atoms with Gasteiger partial charge in [-0.2, -0.15) is 0 Å². The molecule has 1 heterocycles. The molecule has 0 saturated carbocycles. The van der Waals surface area contributed by atoms with Crippen molar-refractivity contribution in [1.82, 2.24) is 0 Å². The van der Waals surface area contributed by atoms with Crippen LogP contribution in [0.3, 0.4) is 0 Å². The van der Waals surface area contributed by atoms with Crippen molar-refractivity contribution in [1.29, 1.82) is 0 Å². The first-order chi connectivity index (χ1) is 13.3. The number of benzene rings is 1. The van der Waals surface area contributed by atoms with Crippen molar-refractivity contribution in [3.8, 4) is 0 Å². The zero-order valence-electron chi connectivity index (χ0n) is 15.4. The Morgan fingerprint density at radius 1 is 1.14 bits per heavy atom. The van der Waals surface area contributed by atoms with Gasteiger partial charge < -0.3 is 39.7 Å². The minimum Gasteiger partial charge on any atom is -0.460 e. The largest absolute Gasteiger partial charge is 0.460 e. The van der Waals surface area contributed by atoms with Gasteiger partial charge in [-0.15, -0.1) is 0 Å². The van der Waals surface area contributed by atoms with Crippen molar-refractivity contribution in [2.24, 2.45) is 0 Å². The molecule has 156 valence electrons. The molecule has 1 saturated heterocycles. The van der Waals surface area contributed by atoms with Gasteiger partial charge in [0.2, 0.25) is 0 Å². The molecule has 0 radical (unpaired) electrons. The zero-order valence-corrected chi connectivity index (χ0v) is 15.4. The molecule has 1 aromatic carbocycles. The molecule has 0 aromatic heterocycles. The van der Waals surface area contributed by atoms with Gasteiger partial charge in [0.15, 0.2) is 6.29 Å². The fourth-order valence-electron chi connectivity index (χ4n) is 2.53. The maximum Gasteiger partial charge on any atom is 0.330 e. The lowest BCUT2D eigenvalue weighted by Crippen LogP contribution is -2.59. The Kier molecular flexibility index (Phi) is 8.52. The molecule has 9 heteroatoms. The lowest BCUT2D eigenvalue weighted by molar-refractivity contribution is -0.304. The zero-order chi connectivity index (χ0) is 20.7. The molecule has 0 amide bonds. The molecule has 5 unspecified atom stereocenters. The van der Waals surface area contributed by atoms with Crippen molar-refractivity contribution >= 4 is 12.0 Å². The molecular formula is C19H26O9. The van der Waals surface area contributed by atoms with E-state index in [1.807, 2.05) is 31.2 Å². The van der Waals surface area contributed by atoms with Crippen molar-refractivity contribution in [3.05, 3.63) is 41.5 Å². The van der Waals surface area contributed by atoms with Crippen LogP contribution >= 0.6 is 0 Å². The van der Waals surface area contributed by atoms with E-state index in [1.54, 1.807) is 6.08 Å². The molecule has 9 nitrogen and oxygen atoms in total. The van der Waals surface area contributed by atoms with Crippen molar-refractivity contribution in [2.45, 2.75) is 43.7 Å². The molecule has 1 aromatic rings. The minimum atomic E-state index is -1.57. The van der Waals surface area contributed by atoms with E-state index in [2.05, 4.69) is 0 Å². The second-order valence-electron chi connectivity index (χ2n) is 6.56. The first-order valence-electron chi connectivity index (χ1n) is 8.83. The van der Waals surface area contributed by atoms with Crippen LogP contribution < -0.4 is 0 Å². The van der Waals surface area contributed by atoms with Gasteiger partial charge in [0.1, 0.15) is 37.1 Å². The van der Waals surface area contributed by atoms with Crippen LogP contribution in [0.5, 0.6) is 0 Å². The quantitative estimate of drug-likeness (QED) is 0.267. The SMILES string of the molecule is Cc1ccc(/C=C/C(=O)OC[C@@H](O)COC2OC(CO)C(O)C(O)C2O)cc1. The van der Waals surface area contributed by atoms with Crippen LogP contribution in [0.25, 0.3) is 6.08 Å². The van der Waals surface area contributed by atoms with Gasteiger partial charge in [-0.05, 0) is 18.6 Å². The fraction of sp³-hybridized carbons (Fsp3) is 0.526. The molecule has 28 heavy (non-hydrogen) atoms. The summed E-state index contributed by atoms with van der Waals surface area (Å²) < 4.78 is 15.2. The van der Waals surface area contributed by atoms with Crippen LogP contribution in [0.4, 0.5) is 0 Å². The van der Waals surface area contributed by atoms with E-state index in [1.165, 1.54) is 6.08 Å². The number of carbonyl (C=O) groups is 1. The summed E-state index contributed by atoms with van der Waals surface area (Å²) in [4.78, 5) is 11.7. The molecule has 1 aliphatic rings. The highest BCUT2D eigenvalue weighted by Gasteiger charge is 2.44. The van der Waals surface area contributed by atoms with Crippen LogP contribution in [0, 0.1) is 6.92 Å². The molecule has 0 aliphatic carbocycles. The van der Waals surface area contributed by atoms with Gasteiger partial charge in [0.25, 0.3) is 0 Å². The Labute approximate surface area is 162 Å². The normalized spacial score (nSPS) is 29.0. The van der Waals surface area contributed by atoms with E-state index in [9.17, 15) is 25.2 Å². The first-order valence-corrected chi connectivity index (χ1v) is 8.83. The molecule has 5 N–H and O–H groups in total. The number of carbonyl (C=O) groups excluding carboxylic acids is 1. The van der Waals surface area contributed by atoms with Gasteiger partial charge in [-0.1, -0.05) is 29.8 Å². The lowest BCUT2D eigenvalue weighted by Gasteiger charge is -2.39. The molecule has 1 fully saturated rings. The van der Waals surface area contributed by atoms with Crippen molar-refractivity contribution in [2.75, 3.05) is 19.8 Å². The smallest absolute Gasteiger partial charge is 0.330 e. The summed E-state index contributed by atoms with van der Waals surface area (Å²) in [7, 11) is 0. The topological polar surface area (TPSA) is 146 Å². The monoisotopic (exact) mass is 398 g/mol. The number of rotatable bonds is 8. The van der Waals surface area contributed by atoms with Gasteiger partial charge in [-0.3, -0.25) is 0 Å². The van der Waals surface area contributed by atoms with Crippen LogP contribution in [0.2, 0.25) is 0 Å². The van der Waals surface area contributed by atoms with E-state index >= 15 is 0 Å². The molecule has 1 aliphatic heterocycles. The highest BCUT2D eigenvalue weighted by atomic mass is 16.7. The van der Waals surface area contributed by atoms with Crippen LogP contribution in [0.15, 0.2) is 30.3 Å². The summed E-state index contributed by atoms with van der Waals surface area (Å²) in [6.07, 6.45) is -5.49. The Morgan fingerprint density at radius 3 is 2.46 bits per heavy atom. The summed E-state index contributed by atoms with van der Waals surface area (Å²) in [6.45, 7) is 0.653. The minimum absolute atomic E-state index is 0.353. The molecular weight excluding hydrogens is 372 g/mol. The summed E-state index contributed by atoms with van der Waals surface area (Å²) in [5.41, 5.74) is 1.93. The van der Waals surface area contributed by atoms with Gasteiger partial charge >= 0.3 is 5.97 Å². The van der Waals surface area contributed by atoms with Crippen LogP contribution in [0.1, 0.15) is 11.1 Å². The predicted molar refractivity (Wildman–Crippen MR) is 96.9 cm³/mol. The molecule has 0 bridgehead atoms. The van der Waals surface area contributed by atoms with Gasteiger partial charge in [0, 0.05) is 6.08 Å². The van der Waals surface area contributed by atoms with E-state index in [0.717, 1.165) is 11.1 Å². The van der Waals surface area contributed by atoms with E-state index in [4.69, 9.17) is 19.3 Å². The second kappa shape index (κ2) is 10.6. The number of aryl methyl sites for hydroxylation is 1. The maximum absolute atomic E-state index is 11.7. The van der Waals surface area contributed by atoms with E-state index < -0.39 is 49.4 Å². The number of aliphatic hydroxyl groups is 5. The number of hydrogen-bond donors (Lipinski definition) is 5. The number of hydrogen-bond acceptors (Lipinski definition) is 9. The Morgan fingerprint density at radius 2 is 1.82 bits per heavy atom. The molecule has 0 spiro atoms. The summed E-state index contributed by atoms with van der Waals surface area (Å²) in [5, 5.41) is 48.1. The Hall–Kier alpha value is -1.85. The number of esters is 1. The second-order valence-corrected chi connectivity index (χ2v) is 6.56. The average molecular weight is 398 g/mol. The van der Waals surface area contributed by atoms with E-state index in [0.29, 0.717) is 0 Å². The number of ether oxygens (including phenoxy) is 3. The maximum atomic E-state index is 11.7. The summed E-state index contributed by atoms with van der Waals surface area (Å²) in [6, 6.07) is 7.51. The lowest BCUT2D eigenvalue weighted by atomic mass is 9.99. The van der Waals surface area contributed by atoms with Crippen LogP contribution in [-0.4, -0.2) is 88.1 Å². The Balaban J connectivity index is 1.73. The highest BCUT2D eigenvalue weighted by molar-refractivity contribution is 5.87. The van der Waals surface area contributed by atoms with Gasteiger partial charge in [0.05, 0.1) is 13.2 Å². The third kappa shape index (κ3) is 6.35. The summed E-state index contributed by atoms with van der Waals surface area (Å²) in [5.74, 6) is -0.646. The van der Waals surface area contributed by atoms with Crippen LogP contribution in [-0.2, 0) is 19.0 Å². The third-order valence-electron chi connectivity index (χ3n) is 4.21. The summed E-state index contributed by atoms with van der Waals surface area (Å²) >= 11 is 0. The Bertz CT molecular complexity index is 643. The van der Waals surface area contributed by atoms with E-state index in [-0.39, 0.29) is 13.2 Å². The molecule has 6 atom stereocenters.